The average Bonchev–Trinajstić information content (AvgIpc) is 3.25. The lowest BCUT2D eigenvalue weighted by atomic mass is 9.88. The third-order valence-corrected chi connectivity index (χ3v) is 8.62. The predicted molar refractivity (Wildman–Crippen MR) is 177 cm³/mol. The average molecular weight is 664 g/mol. The normalized spacial score (nSPS) is 12.3. The van der Waals surface area contributed by atoms with E-state index < -0.39 is 17.7 Å². The molecule has 2 aromatic carbocycles. The van der Waals surface area contributed by atoms with Crippen LogP contribution in [0.2, 0.25) is 0 Å². The van der Waals surface area contributed by atoms with Crippen molar-refractivity contribution in [2.45, 2.75) is 70.2 Å². The van der Waals surface area contributed by atoms with Crippen LogP contribution in [0.3, 0.4) is 0 Å². The van der Waals surface area contributed by atoms with E-state index in [-0.39, 0.29) is 16.9 Å². The minimum absolute atomic E-state index is 0.171. The number of halogens is 3. The van der Waals surface area contributed by atoms with Crippen molar-refractivity contribution in [1.82, 2.24) is 14.5 Å². The van der Waals surface area contributed by atoms with E-state index >= 15 is 0 Å². The summed E-state index contributed by atoms with van der Waals surface area (Å²) in [5.41, 5.74) is 3.71. The number of nitrogens with zero attached hydrogens (tertiary/aromatic N) is 3. The molecule has 1 N–H and O–H groups in total. The number of carbonyl (C=O) groups is 1. The van der Waals surface area contributed by atoms with Gasteiger partial charge in [-0.15, -0.1) is 24.9 Å². The summed E-state index contributed by atoms with van der Waals surface area (Å²) in [6.45, 7) is 10.6. The fourth-order valence-electron chi connectivity index (χ4n) is 5.06. The van der Waals surface area contributed by atoms with Crippen LogP contribution in [0.5, 0.6) is 11.5 Å². The largest absolute Gasteiger partial charge is 0.573 e. The van der Waals surface area contributed by atoms with Gasteiger partial charge >= 0.3 is 12.3 Å². The van der Waals surface area contributed by atoms with E-state index in [2.05, 4.69) is 40.0 Å². The molecule has 246 valence electrons. The van der Waals surface area contributed by atoms with Gasteiger partial charge in [-0.2, -0.15) is 0 Å². The Balaban J connectivity index is 1.53. The van der Waals surface area contributed by atoms with Gasteiger partial charge in [0.25, 0.3) is 0 Å². The number of hydrogen-bond acceptors (Lipinski definition) is 6. The van der Waals surface area contributed by atoms with Crippen molar-refractivity contribution < 1.29 is 32.5 Å². The lowest BCUT2D eigenvalue weighted by Crippen LogP contribution is -2.28. The first-order chi connectivity index (χ1) is 22.1. The van der Waals surface area contributed by atoms with Crippen LogP contribution in [0.1, 0.15) is 51.6 Å². The van der Waals surface area contributed by atoms with Crippen molar-refractivity contribution in [2.24, 2.45) is 5.41 Å². The summed E-state index contributed by atoms with van der Waals surface area (Å²) >= 11 is 1.69. The molecule has 5 aromatic rings. The van der Waals surface area contributed by atoms with Crippen LogP contribution >= 0.6 is 11.8 Å². The molecule has 0 saturated heterocycles. The van der Waals surface area contributed by atoms with E-state index in [0.717, 1.165) is 32.7 Å². The number of alkyl halides is 3. The minimum Gasteiger partial charge on any atom is -0.487 e. The van der Waals surface area contributed by atoms with Gasteiger partial charge in [0.05, 0.1) is 16.8 Å². The SMILES string of the molecule is CC(C)(C)Sc1c(CC(C)(C)C(=O)O)n(Cc2ccc(-c3ccc(OC(F)(F)F)cc3)nc2)c2ccc(OCc3ccccn3)cc12. The summed E-state index contributed by atoms with van der Waals surface area (Å²) in [6, 6.07) is 20.9. The lowest BCUT2D eigenvalue weighted by molar-refractivity contribution is -0.274. The van der Waals surface area contributed by atoms with Crippen LogP contribution in [-0.2, 0) is 24.4 Å². The Morgan fingerprint density at radius 1 is 0.915 bits per heavy atom. The molecular weight excluding hydrogens is 627 g/mol. The second-order valence-corrected chi connectivity index (χ2v) is 14.7. The molecular formula is C36H36F3N3O4S. The van der Waals surface area contributed by atoms with Gasteiger partial charge < -0.3 is 19.1 Å². The van der Waals surface area contributed by atoms with E-state index in [1.807, 2.05) is 48.5 Å². The Kier molecular flexibility index (Phi) is 9.58. The molecule has 7 nitrogen and oxygen atoms in total. The van der Waals surface area contributed by atoms with Crippen molar-refractivity contribution in [3.8, 4) is 22.8 Å². The van der Waals surface area contributed by atoms with Crippen molar-refractivity contribution in [3.63, 3.8) is 0 Å². The van der Waals surface area contributed by atoms with E-state index in [1.165, 1.54) is 24.3 Å². The van der Waals surface area contributed by atoms with E-state index in [4.69, 9.17) is 4.74 Å². The molecule has 0 aliphatic heterocycles. The molecule has 0 unspecified atom stereocenters. The Morgan fingerprint density at radius 2 is 1.64 bits per heavy atom. The van der Waals surface area contributed by atoms with Crippen molar-refractivity contribution >= 4 is 28.6 Å². The minimum atomic E-state index is -4.76. The fourth-order valence-corrected chi connectivity index (χ4v) is 6.24. The second kappa shape index (κ2) is 13.3. The van der Waals surface area contributed by atoms with Crippen LogP contribution in [0.25, 0.3) is 22.2 Å². The van der Waals surface area contributed by atoms with Crippen molar-refractivity contribution in [3.05, 3.63) is 102 Å². The number of aromatic nitrogens is 3. The number of ether oxygens (including phenoxy) is 2. The van der Waals surface area contributed by atoms with E-state index in [1.54, 1.807) is 38.0 Å². The van der Waals surface area contributed by atoms with Crippen molar-refractivity contribution in [2.75, 3.05) is 0 Å². The predicted octanol–water partition coefficient (Wildman–Crippen LogP) is 9.17. The monoisotopic (exact) mass is 663 g/mol. The first-order valence-corrected chi connectivity index (χ1v) is 15.8. The summed E-state index contributed by atoms with van der Waals surface area (Å²) in [5, 5.41) is 11.1. The van der Waals surface area contributed by atoms with Gasteiger partial charge in [-0.1, -0.05) is 32.9 Å². The van der Waals surface area contributed by atoms with E-state index in [9.17, 15) is 23.1 Å². The first-order valence-electron chi connectivity index (χ1n) is 15.0. The van der Waals surface area contributed by atoms with Gasteiger partial charge in [-0.05, 0) is 80.1 Å². The highest BCUT2D eigenvalue weighted by Crippen LogP contribution is 2.44. The lowest BCUT2D eigenvalue weighted by Gasteiger charge is -2.24. The number of carboxylic acid groups (broad SMARTS) is 1. The van der Waals surface area contributed by atoms with E-state index in [0.29, 0.717) is 30.2 Å². The summed E-state index contributed by atoms with van der Waals surface area (Å²) in [6.07, 6.45) is -1.02. The Hall–Kier alpha value is -4.51. The third-order valence-electron chi connectivity index (χ3n) is 7.35. The molecule has 0 radical (unpaired) electrons. The number of carboxylic acids is 1. The number of aliphatic carboxylic acids is 1. The second-order valence-electron chi connectivity index (χ2n) is 12.9. The Labute approximate surface area is 275 Å². The molecule has 47 heavy (non-hydrogen) atoms. The summed E-state index contributed by atoms with van der Waals surface area (Å²) in [4.78, 5) is 22.3. The molecule has 0 aliphatic rings. The zero-order chi connectivity index (χ0) is 34.0. The maximum Gasteiger partial charge on any atom is 0.573 e. The molecule has 0 spiro atoms. The molecule has 0 bridgehead atoms. The van der Waals surface area contributed by atoms with Crippen LogP contribution in [0.15, 0.2) is 90.1 Å². The van der Waals surface area contributed by atoms with Crippen LogP contribution in [-0.4, -0.2) is 36.7 Å². The molecule has 3 aromatic heterocycles. The number of fused-ring (bicyclic) bond motifs is 1. The molecule has 11 heteroatoms. The van der Waals surface area contributed by atoms with Crippen molar-refractivity contribution in [1.29, 1.82) is 0 Å². The van der Waals surface area contributed by atoms with Gasteiger partial charge in [0.2, 0.25) is 0 Å². The molecule has 5 rings (SSSR count). The Morgan fingerprint density at radius 3 is 2.23 bits per heavy atom. The number of benzene rings is 2. The summed E-state index contributed by atoms with van der Waals surface area (Å²) in [5.74, 6) is -0.515. The molecule has 0 saturated carbocycles. The molecule has 3 heterocycles. The number of rotatable bonds is 11. The standard InChI is InChI=1S/C36H36F3N3O4S/c1-34(2,3)47-32-28-18-27(45-22-25-8-6-7-17-40-25)14-16-30(28)42(31(32)19-35(4,5)33(43)44)21-23-9-15-29(41-20-23)24-10-12-26(13-11-24)46-36(37,38)39/h6-18,20H,19,21-22H2,1-5H3,(H,43,44). The quantitative estimate of drug-likeness (QED) is 0.141. The number of pyridine rings is 2. The zero-order valence-electron chi connectivity index (χ0n) is 26.8. The molecule has 0 aliphatic carbocycles. The van der Waals surface area contributed by atoms with Gasteiger partial charge in [0.1, 0.15) is 18.1 Å². The van der Waals surface area contributed by atoms with Crippen LogP contribution in [0.4, 0.5) is 13.2 Å². The summed E-state index contributed by atoms with van der Waals surface area (Å²) < 4.78 is 49.8. The van der Waals surface area contributed by atoms with Gasteiger partial charge in [-0.25, -0.2) is 0 Å². The fraction of sp³-hybridized carbons (Fsp3) is 0.306. The Bertz CT molecular complexity index is 1850. The van der Waals surface area contributed by atoms with Gasteiger partial charge in [0.15, 0.2) is 0 Å². The van der Waals surface area contributed by atoms with Gasteiger partial charge in [0, 0.05) is 57.2 Å². The zero-order valence-corrected chi connectivity index (χ0v) is 27.6. The van der Waals surface area contributed by atoms with Crippen LogP contribution in [0, 0.1) is 5.41 Å². The third kappa shape index (κ3) is 8.65. The summed E-state index contributed by atoms with van der Waals surface area (Å²) in [7, 11) is 0. The maximum absolute atomic E-state index is 12.6. The highest BCUT2D eigenvalue weighted by Gasteiger charge is 2.33. The highest BCUT2D eigenvalue weighted by atomic mass is 32.2. The first kappa shape index (κ1) is 33.8. The highest BCUT2D eigenvalue weighted by molar-refractivity contribution is 8.00. The maximum atomic E-state index is 12.6. The number of hydrogen-bond donors (Lipinski definition) is 1. The molecule has 0 amide bonds. The van der Waals surface area contributed by atoms with Gasteiger partial charge in [-0.3, -0.25) is 14.8 Å². The topological polar surface area (TPSA) is 86.5 Å². The number of thioether (sulfide) groups is 1. The molecule has 0 atom stereocenters. The van der Waals surface area contributed by atoms with Crippen LogP contribution < -0.4 is 9.47 Å². The molecule has 0 fully saturated rings. The smallest absolute Gasteiger partial charge is 0.487 e.